The Bertz CT molecular complexity index is 771. The minimum atomic E-state index is 0.0555. The SMILES string of the molecule is [2H]N1C(c2ccc(C(C)=N)cc2)CCC1c1ccc(C(=N)OC)cc1. The van der Waals surface area contributed by atoms with Gasteiger partial charge in [0, 0.05) is 23.4 Å². The first-order chi connectivity index (χ1) is 12.0. The van der Waals surface area contributed by atoms with Crippen LogP contribution in [0.25, 0.3) is 0 Å². The van der Waals surface area contributed by atoms with Crippen molar-refractivity contribution in [2.45, 2.75) is 31.8 Å². The van der Waals surface area contributed by atoms with E-state index < -0.39 is 0 Å². The van der Waals surface area contributed by atoms with Crippen LogP contribution < -0.4 is 5.31 Å². The van der Waals surface area contributed by atoms with Crippen LogP contribution in [0.4, 0.5) is 0 Å². The molecule has 0 saturated carbocycles. The number of ether oxygens (including phenoxy) is 1. The number of hydrogen-bond acceptors (Lipinski definition) is 4. The molecule has 0 aliphatic carbocycles. The molecule has 4 heteroatoms. The van der Waals surface area contributed by atoms with Crippen molar-refractivity contribution < 1.29 is 6.15 Å². The molecule has 0 aromatic heterocycles. The van der Waals surface area contributed by atoms with Gasteiger partial charge < -0.3 is 15.5 Å². The van der Waals surface area contributed by atoms with Gasteiger partial charge in [-0.25, -0.2) is 0 Å². The minimum absolute atomic E-state index is 0.0555. The maximum absolute atomic E-state index is 8.56. The van der Waals surface area contributed by atoms with E-state index in [9.17, 15) is 0 Å². The van der Waals surface area contributed by atoms with E-state index in [-0.39, 0.29) is 18.0 Å². The normalized spacial score (nSPS) is 21.3. The third kappa shape index (κ3) is 3.39. The van der Waals surface area contributed by atoms with Gasteiger partial charge in [-0.1, -0.05) is 36.4 Å². The fraction of sp³-hybridized carbons (Fsp3) is 0.300. The summed E-state index contributed by atoms with van der Waals surface area (Å²) in [5.74, 6) is 0.153. The van der Waals surface area contributed by atoms with Crippen molar-refractivity contribution >= 4 is 11.6 Å². The minimum Gasteiger partial charge on any atom is -0.481 e. The smallest absolute Gasteiger partial charge is 0.212 e. The zero-order valence-corrected chi connectivity index (χ0v) is 14.0. The van der Waals surface area contributed by atoms with E-state index in [1.807, 2.05) is 48.5 Å². The standard InChI is InChI=1S/C20H23N3O/c1-13(21)14-3-5-15(6-4-14)18-11-12-19(23-18)16-7-9-17(10-8-16)20(22)24-2/h3-10,18-19,21-23H,11-12H2,1-2H3/i/hD. The van der Waals surface area contributed by atoms with Gasteiger partial charge in [-0.05, 0) is 48.6 Å². The molecule has 0 radical (unpaired) electrons. The van der Waals surface area contributed by atoms with Crippen LogP contribution in [-0.4, -0.2) is 18.7 Å². The van der Waals surface area contributed by atoms with Crippen LogP contribution in [0.15, 0.2) is 48.5 Å². The van der Waals surface area contributed by atoms with E-state index in [0.29, 0.717) is 5.71 Å². The second-order valence-electron chi connectivity index (χ2n) is 6.16. The Hall–Kier alpha value is -2.46. The van der Waals surface area contributed by atoms with E-state index >= 15 is 0 Å². The van der Waals surface area contributed by atoms with E-state index in [2.05, 4.69) is 0 Å². The predicted octanol–water partition coefficient (Wildman–Crippen LogP) is 4.21. The number of hydrogen-bond donors (Lipinski definition) is 3. The molecule has 1 heterocycles. The molecular weight excluding hydrogens is 298 g/mol. The molecule has 2 unspecified atom stereocenters. The third-order valence-electron chi connectivity index (χ3n) is 4.56. The molecule has 1 saturated heterocycles. The molecule has 2 aromatic carbocycles. The average Bonchev–Trinajstić information content (AvgIpc) is 3.02. The summed E-state index contributed by atoms with van der Waals surface area (Å²) < 4.78 is 13.5. The summed E-state index contributed by atoms with van der Waals surface area (Å²) in [6, 6.07) is 15.8. The predicted molar refractivity (Wildman–Crippen MR) is 97.1 cm³/mol. The monoisotopic (exact) mass is 322 g/mol. The topological polar surface area (TPSA) is 69.0 Å². The lowest BCUT2D eigenvalue weighted by atomic mass is 10.0. The van der Waals surface area contributed by atoms with E-state index in [1.54, 1.807) is 12.2 Å². The Morgan fingerprint density at radius 3 is 1.83 bits per heavy atom. The lowest BCUT2D eigenvalue weighted by Gasteiger charge is -2.16. The molecule has 24 heavy (non-hydrogen) atoms. The van der Waals surface area contributed by atoms with Crippen molar-refractivity contribution in [1.82, 2.24) is 5.31 Å². The van der Waals surface area contributed by atoms with Crippen LogP contribution in [0.2, 0.25) is 1.41 Å². The third-order valence-corrected chi connectivity index (χ3v) is 4.56. The Morgan fingerprint density at radius 1 is 0.958 bits per heavy atom. The fourth-order valence-corrected chi connectivity index (χ4v) is 3.12. The molecule has 1 aliphatic rings. The molecular formula is C20H23N3O. The zero-order chi connectivity index (χ0) is 18.0. The van der Waals surface area contributed by atoms with Crippen LogP contribution in [0.3, 0.4) is 0 Å². The lowest BCUT2D eigenvalue weighted by molar-refractivity contribution is 0.401. The molecule has 3 rings (SSSR count). The largest absolute Gasteiger partial charge is 0.481 e. The van der Waals surface area contributed by atoms with Gasteiger partial charge in [0.05, 0.1) is 7.11 Å². The molecule has 124 valence electrons. The maximum Gasteiger partial charge on any atom is 0.212 e. The van der Waals surface area contributed by atoms with Gasteiger partial charge in [-0.15, -0.1) is 0 Å². The quantitative estimate of drug-likeness (QED) is 0.583. The molecule has 4 nitrogen and oxygen atoms in total. The molecule has 2 atom stereocenters. The molecule has 1 aliphatic heterocycles. The molecule has 0 bridgehead atoms. The van der Waals surface area contributed by atoms with Crippen LogP contribution in [-0.2, 0) is 4.74 Å². The number of nitrogens with one attached hydrogen (secondary N) is 3. The highest BCUT2D eigenvalue weighted by Gasteiger charge is 2.26. The Kier molecular flexibility index (Phi) is 4.38. The van der Waals surface area contributed by atoms with Gasteiger partial charge >= 0.3 is 0 Å². The summed E-state index contributed by atoms with van der Waals surface area (Å²) in [4.78, 5) is 0. The second-order valence-corrected chi connectivity index (χ2v) is 6.16. The number of methoxy groups -OCH3 is 1. The first kappa shape index (κ1) is 15.1. The summed E-state index contributed by atoms with van der Waals surface area (Å²) in [7, 11) is 1.49. The summed E-state index contributed by atoms with van der Waals surface area (Å²) in [5.41, 5.74) is 4.44. The average molecular weight is 322 g/mol. The molecule has 1 fully saturated rings. The summed E-state index contributed by atoms with van der Waals surface area (Å²) in [5, 5.41) is 17.1. The maximum atomic E-state index is 8.56. The molecule has 3 N–H and O–H groups in total. The Balaban J connectivity index is 1.76. The van der Waals surface area contributed by atoms with Crippen LogP contribution >= 0.6 is 0 Å². The van der Waals surface area contributed by atoms with Crippen molar-refractivity contribution in [2.75, 3.05) is 7.11 Å². The lowest BCUT2D eigenvalue weighted by Crippen LogP contribution is -2.17. The Morgan fingerprint density at radius 2 is 1.42 bits per heavy atom. The van der Waals surface area contributed by atoms with Crippen molar-refractivity contribution in [3.05, 3.63) is 70.8 Å². The van der Waals surface area contributed by atoms with Crippen LogP contribution in [0, 0.1) is 10.8 Å². The zero-order valence-electron chi connectivity index (χ0n) is 15.0. The van der Waals surface area contributed by atoms with Gasteiger partial charge in [0.1, 0.15) is 1.41 Å². The first-order valence-corrected chi connectivity index (χ1v) is 8.17. The van der Waals surface area contributed by atoms with Crippen molar-refractivity contribution in [3.63, 3.8) is 0 Å². The van der Waals surface area contributed by atoms with Crippen molar-refractivity contribution in [1.29, 1.82) is 10.8 Å². The summed E-state index contributed by atoms with van der Waals surface area (Å²) in [6.45, 7) is 1.78. The van der Waals surface area contributed by atoms with E-state index in [4.69, 9.17) is 17.0 Å². The Labute approximate surface area is 144 Å². The molecule has 0 amide bonds. The highest BCUT2D eigenvalue weighted by molar-refractivity contribution is 5.96. The van der Waals surface area contributed by atoms with Crippen molar-refractivity contribution in [2.24, 2.45) is 0 Å². The number of rotatable bonds is 4. The highest BCUT2D eigenvalue weighted by atomic mass is 16.5. The van der Waals surface area contributed by atoms with E-state index in [0.717, 1.165) is 35.1 Å². The summed E-state index contributed by atoms with van der Waals surface area (Å²) >= 11 is 0. The van der Waals surface area contributed by atoms with Crippen LogP contribution in [0.1, 0.15) is 54.1 Å². The fourth-order valence-electron chi connectivity index (χ4n) is 3.12. The first-order valence-electron chi connectivity index (χ1n) is 8.61. The van der Waals surface area contributed by atoms with Crippen LogP contribution in [0.5, 0.6) is 0 Å². The highest BCUT2D eigenvalue weighted by Crippen LogP contribution is 2.34. The summed E-state index contributed by atoms with van der Waals surface area (Å²) in [6.07, 6.45) is 1.87. The van der Waals surface area contributed by atoms with Crippen molar-refractivity contribution in [3.8, 4) is 0 Å². The second kappa shape index (κ2) is 6.97. The molecule has 2 aromatic rings. The number of benzene rings is 2. The van der Waals surface area contributed by atoms with Gasteiger partial charge in [0.2, 0.25) is 5.90 Å². The van der Waals surface area contributed by atoms with Gasteiger partial charge in [-0.2, -0.15) is 0 Å². The van der Waals surface area contributed by atoms with Gasteiger partial charge in [0.25, 0.3) is 0 Å². The van der Waals surface area contributed by atoms with Gasteiger partial charge in [0.15, 0.2) is 0 Å². The molecule has 0 spiro atoms. The van der Waals surface area contributed by atoms with E-state index in [1.165, 1.54) is 7.11 Å². The van der Waals surface area contributed by atoms with Gasteiger partial charge in [-0.3, -0.25) is 5.41 Å².